The number of carbonyl (C=O) groups excluding carboxylic acids is 3. The SMILES string of the molecule is NCc1cccc(CN(C(=O)C(=O)c2c[nH]c3ccccc23)C(C(N)=O)C2CCCCC2)c1. The molecular weight excluding hydrogens is 416 g/mol. The fourth-order valence-corrected chi connectivity index (χ4v) is 4.94. The van der Waals surface area contributed by atoms with Crippen molar-refractivity contribution in [1.29, 1.82) is 0 Å². The predicted octanol–water partition coefficient (Wildman–Crippen LogP) is 3.27. The van der Waals surface area contributed by atoms with Gasteiger partial charge in [0.2, 0.25) is 5.91 Å². The van der Waals surface area contributed by atoms with E-state index >= 15 is 0 Å². The first-order valence-corrected chi connectivity index (χ1v) is 11.5. The van der Waals surface area contributed by atoms with Gasteiger partial charge in [-0.15, -0.1) is 0 Å². The van der Waals surface area contributed by atoms with Crippen molar-refractivity contribution >= 4 is 28.5 Å². The Kier molecular flexibility index (Phi) is 6.89. The van der Waals surface area contributed by atoms with E-state index in [0.717, 1.165) is 48.7 Å². The Hall–Kier alpha value is -3.45. The number of primary amides is 1. The molecule has 7 nitrogen and oxygen atoms in total. The van der Waals surface area contributed by atoms with E-state index in [-0.39, 0.29) is 12.5 Å². The van der Waals surface area contributed by atoms with Gasteiger partial charge in [0.05, 0.1) is 5.56 Å². The number of ketones is 1. The molecule has 7 heteroatoms. The second kappa shape index (κ2) is 10.0. The number of hydrogen-bond acceptors (Lipinski definition) is 4. The number of carbonyl (C=O) groups is 3. The Morgan fingerprint density at radius 3 is 2.45 bits per heavy atom. The van der Waals surface area contributed by atoms with E-state index in [4.69, 9.17) is 11.5 Å². The third kappa shape index (κ3) is 4.83. The number of para-hydroxylation sites is 1. The first kappa shape index (κ1) is 22.7. The molecule has 1 heterocycles. The number of H-pyrrole nitrogens is 1. The van der Waals surface area contributed by atoms with E-state index in [1.54, 1.807) is 12.3 Å². The summed E-state index contributed by atoms with van der Waals surface area (Å²) in [5.74, 6) is -2.00. The van der Waals surface area contributed by atoms with E-state index in [1.807, 2.05) is 42.5 Å². The molecule has 1 aliphatic rings. The van der Waals surface area contributed by atoms with Crippen molar-refractivity contribution in [2.24, 2.45) is 17.4 Å². The van der Waals surface area contributed by atoms with Crippen LogP contribution >= 0.6 is 0 Å². The zero-order chi connectivity index (χ0) is 23.4. The molecule has 2 amide bonds. The van der Waals surface area contributed by atoms with Crippen LogP contribution in [0, 0.1) is 5.92 Å². The molecule has 1 aliphatic carbocycles. The van der Waals surface area contributed by atoms with E-state index in [9.17, 15) is 14.4 Å². The number of amides is 2. The van der Waals surface area contributed by atoms with Crippen molar-refractivity contribution in [3.63, 3.8) is 0 Å². The summed E-state index contributed by atoms with van der Waals surface area (Å²) in [5.41, 5.74) is 14.4. The normalized spacial score (nSPS) is 15.3. The monoisotopic (exact) mass is 446 g/mol. The van der Waals surface area contributed by atoms with Crippen LogP contribution in [0.2, 0.25) is 0 Å². The summed E-state index contributed by atoms with van der Waals surface area (Å²) in [6.07, 6.45) is 6.23. The summed E-state index contributed by atoms with van der Waals surface area (Å²) in [7, 11) is 0. The standard InChI is InChI=1S/C26H30N4O3/c27-14-17-7-6-8-18(13-17)16-30(23(25(28)32)19-9-2-1-3-10-19)26(33)24(31)21-15-29-22-12-5-4-11-20(21)22/h4-8,11-13,15,19,23,29H,1-3,9-10,14,16,27H2,(H2,28,32). The van der Waals surface area contributed by atoms with Crippen molar-refractivity contribution in [2.45, 2.75) is 51.2 Å². The van der Waals surface area contributed by atoms with Gasteiger partial charge >= 0.3 is 0 Å². The predicted molar refractivity (Wildman–Crippen MR) is 127 cm³/mol. The highest BCUT2D eigenvalue weighted by Gasteiger charge is 2.38. The molecule has 3 aromatic rings. The number of rotatable bonds is 8. The van der Waals surface area contributed by atoms with Gasteiger partial charge in [-0.05, 0) is 36.0 Å². The van der Waals surface area contributed by atoms with Crippen LogP contribution in [-0.2, 0) is 22.7 Å². The number of nitrogens with one attached hydrogen (secondary N) is 1. The molecule has 0 saturated heterocycles. The summed E-state index contributed by atoms with van der Waals surface area (Å²) in [6, 6.07) is 14.0. The number of fused-ring (bicyclic) bond motifs is 1. The summed E-state index contributed by atoms with van der Waals surface area (Å²) in [4.78, 5) is 44.2. The minimum absolute atomic E-state index is 0.0614. The smallest absolute Gasteiger partial charge is 0.296 e. The van der Waals surface area contributed by atoms with Gasteiger partial charge in [0.15, 0.2) is 0 Å². The van der Waals surface area contributed by atoms with Gasteiger partial charge in [0.1, 0.15) is 6.04 Å². The van der Waals surface area contributed by atoms with E-state index in [0.29, 0.717) is 17.5 Å². The van der Waals surface area contributed by atoms with Crippen LogP contribution in [0.15, 0.2) is 54.7 Å². The average Bonchev–Trinajstić information content (AvgIpc) is 3.27. The molecular formula is C26H30N4O3. The highest BCUT2D eigenvalue weighted by atomic mass is 16.2. The number of benzene rings is 2. The lowest BCUT2D eigenvalue weighted by atomic mass is 9.82. The minimum Gasteiger partial charge on any atom is -0.368 e. The third-order valence-electron chi connectivity index (χ3n) is 6.59. The Balaban J connectivity index is 1.72. The number of nitrogens with zero attached hydrogens (tertiary/aromatic N) is 1. The van der Waals surface area contributed by atoms with Crippen LogP contribution < -0.4 is 11.5 Å². The number of nitrogens with two attached hydrogens (primary N) is 2. The van der Waals surface area contributed by atoms with Crippen molar-refractivity contribution in [3.8, 4) is 0 Å². The molecule has 1 atom stereocenters. The fourth-order valence-electron chi connectivity index (χ4n) is 4.94. The van der Waals surface area contributed by atoms with Crippen molar-refractivity contribution < 1.29 is 14.4 Å². The molecule has 1 aromatic heterocycles. The van der Waals surface area contributed by atoms with Crippen LogP contribution in [0.1, 0.15) is 53.6 Å². The van der Waals surface area contributed by atoms with Crippen LogP contribution in [0.3, 0.4) is 0 Å². The first-order valence-electron chi connectivity index (χ1n) is 11.5. The van der Waals surface area contributed by atoms with Gasteiger partial charge in [-0.1, -0.05) is 61.7 Å². The van der Waals surface area contributed by atoms with Gasteiger partial charge in [-0.3, -0.25) is 14.4 Å². The number of Topliss-reactive ketones (excluding diaryl/α,β-unsaturated/α-hetero) is 1. The summed E-state index contributed by atoms with van der Waals surface area (Å²) in [5, 5.41) is 0.675. The summed E-state index contributed by atoms with van der Waals surface area (Å²) < 4.78 is 0. The van der Waals surface area contributed by atoms with Gasteiger partial charge in [-0.2, -0.15) is 0 Å². The second-order valence-corrected chi connectivity index (χ2v) is 8.78. The van der Waals surface area contributed by atoms with Gasteiger partial charge in [0, 0.05) is 30.2 Å². The Morgan fingerprint density at radius 2 is 1.73 bits per heavy atom. The molecule has 5 N–H and O–H groups in total. The van der Waals surface area contributed by atoms with Crippen molar-refractivity contribution in [3.05, 3.63) is 71.4 Å². The van der Waals surface area contributed by atoms with Gasteiger partial charge < -0.3 is 21.4 Å². The molecule has 2 aromatic carbocycles. The molecule has 4 rings (SSSR count). The van der Waals surface area contributed by atoms with Gasteiger partial charge in [0.25, 0.3) is 11.7 Å². The summed E-state index contributed by atoms with van der Waals surface area (Å²) >= 11 is 0. The molecule has 1 saturated carbocycles. The van der Waals surface area contributed by atoms with Crippen molar-refractivity contribution in [1.82, 2.24) is 9.88 Å². The molecule has 0 spiro atoms. The number of aromatic nitrogens is 1. The lowest BCUT2D eigenvalue weighted by molar-refractivity contribution is -0.139. The molecule has 1 unspecified atom stereocenters. The maximum absolute atomic E-state index is 13.7. The highest BCUT2D eigenvalue weighted by Crippen LogP contribution is 2.31. The Bertz CT molecular complexity index is 1160. The van der Waals surface area contributed by atoms with E-state index in [1.165, 1.54) is 4.90 Å². The second-order valence-electron chi connectivity index (χ2n) is 8.78. The van der Waals surface area contributed by atoms with E-state index < -0.39 is 23.6 Å². The molecule has 0 bridgehead atoms. The zero-order valence-electron chi connectivity index (χ0n) is 18.6. The maximum Gasteiger partial charge on any atom is 0.296 e. The largest absolute Gasteiger partial charge is 0.368 e. The summed E-state index contributed by atoms with van der Waals surface area (Å²) in [6.45, 7) is 0.475. The molecule has 1 fully saturated rings. The van der Waals surface area contributed by atoms with Crippen molar-refractivity contribution in [2.75, 3.05) is 0 Å². The van der Waals surface area contributed by atoms with Crippen LogP contribution in [-0.4, -0.2) is 33.5 Å². The van der Waals surface area contributed by atoms with Crippen LogP contribution in [0.5, 0.6) is 0 Å². The highest BCUT2D eigenvalue weighted by molar-refractivity contribution is 6.45. The zero-order valence-corrected chi connectivity index (χ0v) is 18.6. The van der Waals surface area contributed by atoms with Gasteiger partial charge in [-0.25, -0.2) is 0 Å². The molecule has 0 radical (unpaired) electrons. The quantitative estimate of drug-likeness (QED) is 0.363. The third-order valence-corrected chi connectivity index (χ3v) is 6.59. The maximum atomic E-state index is 13.7. The van der Waals surface area contributed by atoms with Crippen LogP contribution in [0.25, 0.3) is 10.9 Å². The lowest BCUT2D eigenvalue weighted by Crippen LogP contribution is -2.53. The van der Waals surface area contributed by atoms with E-state index in [2.05, 4.69) is 4.98 Å². The topological polar surface area (TPSA) is 122 Å². The molecule has 172 valence electrons. The number of aromatic amines is 1. The molecule has 0 aliphatic heterocycles. The average molecular weight is 447 g/mol. The Morgan fingerprint density at radius 1 is 1.00 bits per heavy atom. The van der Waals surface area contributed by atoms with Crippen LogP contribution in [0.4, 0.5) is 0 Å². The first-order chi connectivity index (χ1) is 16.0. The fraction of sp³-hybridized carbons (Fsp3) is 0.346. The molecule has 33 heavy (non-hydrogen) atoms. The lowest BCUT2D eigenvalue weighted by Gasteiger charge is -2.36. The number of hydrogen-bond donors (Lipinski definition) is 3. The minimum atomic E-state index is -0.839. The Labute approximate surface area is 193 Å².